The Balaban J connectivity index is 1.62. The highest BCUT2D eigenvalue weighted by Crippen LogP contribution is 2.31. The third-order valence-electron chi connectivity index (χ3n) is 4.54. The quantitative estimate of drug-likeness (QED) is 0.498. The summed E-state index contributed by atoms with van der Waals surface area (Å²) in [7, 11) is 0. The van der Waals surface area contributed by atoms with E-state index in [0.717, 1.165) is 17.7 Å². The maximum atomic E-state index is 12.6. The van der Waals surface area contributed by atoms with Crippen LogP contribution in [0, 0.1) is 0 Å². The average molecular weight is 413 g/mol. The number of ether oxygens (including phenoxy) is 1. The summed E-state index contributed by atoms with van der Waals surface area (Å²) in [6.45, 7) is 6.32. The van der Waals surface area contributed by atoms with Crippen LogP contribution >= 0.6 is 0 Å². The molecule has 0 heterocycles. The standard InChI is InChI=1S/C24H22F3NO2/c1-23(2,3)17-6-4-16(5-7-17)22(29)28-19-10-14-21(15-11-19)30-20-12-8-18(9-13-20)24(25,26)27/h4-15H,1-3H3,(H,28,29). The lowest BCUT2D eigenvalue weighted by atomic mass is 9.87. The Morgan fingerprint density at radius 3 is 1.67 bits per heavy atom. The van der Waals surface area contributed by atoms with Crippen LogP contribution in [0.5, 0.6) is 11.5 Å². The molecular formula is C24H22F3NO2. The Kier molecular flexibility index (Phi) is 5.87. The van der Waals surface area contributed by atoms with Gasteiger partial charge >= 0.3 is 6.18 Å². The predicted molar refractivity (Wildman–Crippen MR) is 111 cm³/mol. The summed E-state index contributed by atoms with van der Waals surface area (Å²) < 4.78 is 43.4. The first-order valence-electron chi connectivity index (χ1n) is 9.39. The van der Waals surface area contributed by atoms with Crippen molar-refractivity contribution < 1.29 is 22.7 Å². The van der Waals surface area contributed by atoms with Crippen molar-refractivity contribution in [3.63, 3.8) is 0 Å². The second kappa shape index (κ2) is 8.22. The summed E-state index contributed by atoms with van der Waals surface area (Å²) in [4.78, 5) is 12.4. The van der Waals surface area contributed by atoms with Crippen molar-refractivity contribution in [3.8, 4) is 11.5 Å². The molecule has 3 aromatic carbocycles. The first-order chi connectivity index (χ1) is 14.0. The maximum absolute atomic E-state index is 12.6. The molecule has 0 atom stereocenters. The number of amides is 1. The zero-order valence-electron chi connectivity index (χ0n) is 16.9. The van der Waals surface area contributed by atoms with E-state index in [1.165, 1.54) is 12.1 Å². The van der Waals surface area contributed by atoms with Gasteiger partial charge in [-0.25, -0.2) is 0 Å². The average Bonchev–Trinajstić information content (AvgIpc) is 2.68. The molecule has 0 aliphatic carbocycles. The van der Waals surface area contributed by atoms with Gasteiger partial charge in [0.2, 0.25) is 0 Å². The molecule has 156 valence electrons. The molecule has 0 radical (unpaired) electrons. The number of hydrogen-bond acceptors (Lipinski definition) is 2. The zero-order chi connectivity index (χ0) is 21.9. The molecule has 3 nitrogen and oxygen atoms in total. The van der Waals surface area contributed by atoms with Gasteiger partial charge in [-0.3, -0.25) is 4.79 Å². The Morgan fingerprint density at radius 1 is 0.733 bits per heavy atom. The van der Waals surface area contributed by atoms with Crippen LogP contribution in [0.1, 0.15) is 42.3 Å². The lowest BCUT2D eigenvalue weighted by molar-refractivity contribution is -0.137. The van der Waals surface area contributed by atoms with Gasteiger partial charge in [0, 0.05) is 11.3 Å². The number of benzene rings is 3. The third-order valence-corrected chi connectivity index (χ3v) is 4.54. The summed E-state index contributed by atoms with van der Waals surface area (Å²) in [5, 5.41) is 2.81. The summed E-state index contributed by atoms with van der Waals surface area (Å²) in [5.41, 5.74) is 1.55. The number of nitrogens with one attached hydrogen (secondary N) is 1. The van der Waals surface area contributed by atoms with E-state index in [9.17, 15) is 18.0 Å². The zero-order valence-corrected chi connectivity index (χ0v) is 16.9. The Hall–Kier alpha value is -3.28. The van der Waals surface area contributed by atoms with Gasteiger partial charge in [0.15, 0.2) is 0 Å². The first kappa shape index (κ1) is 21.4. The largest absolute Gasteiger partial charge is 0.457 e. The lowest BCUT2D eigenvalue weighted by Gasteiger charge is -2.19. The number of alkyl halides is 3. The van der Waals surface area contributed by atoms with Crippen LogP contribution in [0.25, 0.3) is 0 Å². The molecule has 3 rings (SSSR count). The number of halogens is 3. The van der Waals surface area contributed by atoms with Crippen molar-refractivity contribution >= 4 is 11.6 Å². The molecule has 6 heteroatoms. The highest BCUT2D eigenvalue weighted by Gasteiger charge is 2.30. The number of carbonyl (C=O) groups is 1. The SMILES string of the molecule is CC(C)(C)c1ccc(C(=O)Nc2ccc(Oc3ccc(C(F)(F)F)cc3)cc2)cc1. The van der Waals surface area contributed by atoms with Gasteiger partial charge in [0.25, 0.3) is 5.91 Å². The van der Waals surface area contributed by atoms with Crippen molar-refractivity contribution in [3.05, 3.63) is 89.5 Å². The molecule has 0 saturated heterocycles. The van der Waals surface area contributed by atoms with Crippen molar-refractivity contribution in [2.45, 2.75) is 32.4 Å². The van der Waals surface area contributed by atoms with E-state index in [-0.39, 0.29) is 11.3 Å². The van der Waals surface area contributed by atoms with Crippen LogP contribution in [0.3, 0.4) is 0 Å². The Bertz CT molecular complexity index is 1000. The van der Waals surface area contributed by atoms with Gasteiger partial charge in [-0.2, -0.15) is 13.2 Å². The molecule has 1 amide bonds. The van der Waals surface area contributed by atoms with E-state index >= 15 is 0 Å². The molecule has 0 spiro atoms. The number of anilines is 1. The van der Waals surface area contributed by atoms with Crippen LogP contribution in [-0.4, -0.2) is 5.91 Å². The van der Waals surface area contributed by atoms with Crippen molar-refractivity contribution in [2.75, 3.05) is 5.32 Å². The third kappa shape index (κ3) is 5.41. The van der Waals surface area contributed by atoms with Crippen LogP contribution in [0.15, 0.2) is 72.8 Å². The molecule has 0 bridgehead atoms. The number of carbonyl (C=O) groups excluding carboxylic acids is 1. The molecular weight excluding hydrogens is 391 g/mol. The summed E-state index contributed by atoms with van der Waals surface area (Å²) >= 11 is 0. The van der Waals surface area contributed by atoms with Gasteiger partial charge in [-0.15, -0.1) is 0 Å². The molecule has 1 N–H and O–H groups in total. The predicted octanol–water partition coefficient (Wildman–Crippen LogP) is 7.05. The van der Waals surface area contributed by atoms with Gasteiger partial charge < -0.3 is 10.1 Å². The molecule has 0 saturated carbocycles. The van der Waals surface area contributed by atoms with Crippen LogP contribution in [0.2, 0.25) is 0 Å². The normalized spacial score (nSPS) is 11.8. The van der Waals surface area contributed by atoms with E-state index in [2.05, 4.69) is 26.1 Å². The Labute approximate surface area is 173 Å². The highest BCUT2D eigenvalue weighted by molar-refractivity contribution is 6.04. The molecule has 30 heavy (non-hydrogen) atoms. The highest BCUT2D eigenvalue weighted by atomic mass is 19.4. The summed E-state index contributed by atoms with van der Waals surface area (Å²) in [5.74, 6) is 0.507. The van der Waals surface area contributed by atoms with Crippen LogP contribution in [0.4, 0.5) is 18.9 Å². The van der Waals surface area contributed by atoms with Crippen molar-refractivity contribution in [1.82, 2.24) is 0 Å². The fraction of sp³-hybridized carbons (Fsp3) is 0.208. The molecule has 0 aliphatic rings. The van der Waals surface area contributed by atoms with Gasteiger partial charge in [-0.1, -0.05) is 32.9 Å². The lowest BCUT2D eigenvalue weighted by Crippen LogP contribution is -2.14. The molecule has 0 fully saturated rings. The van der Waals surface area contributed by atoms with Gasteiger partial charge in [0.05, 0.1) is 5.56 Å². The first-order valence-corrected chi connectivity index (χ1v) is 9.39. The molecule has 0 aliphatic heterocycles. The maximum Gasteiger partial charge on any atom is 0.416 e. The summed E-state index contributed by atoms with van der Waals surface area (Å²) in [6, 6.07) is 18.5. The minimum absolute atomic E-state index is 0.0118. The van der Waals surface area contributed by atoms with E-state index in [1.807, 2.05) is 12.1 Å². The van der Waals surface area contributed by atoms with Gasteiger partial charge in [0.1, 0.15) is 11.5 Å². The Morgan fingerprint density at radius 2 is 1.20 bits per heavy atom. The second-order valence-corrected chi connectivity index (χ2v) is 7.93. The minimum Gasteiger partial charge on any atom is -0.457 e. The minimum atomic E-state index is -4.38. The molecule has 0 aromatic heterocycles. The van der Waals surface area contributed by atoms with E-state index < -0.39 is 11.7 Å². The van der Waals surface area contributed by atoms with Crippen molar-refractivity contribution in [1.29, 1.82) is 0 Å². The van der Waals surface area contributed by atoms with Crippen LogP contribution in [-0.2, 0) is 11.6 Å². The fourth-order valence-electron chi connectivity index (χ4n) is 2.78. The van der Waals surface area contributed by atoms with Crippen molar-refractivity contribution in [2.24, 2.45) is 0 Å². The van der Waals surface area contributed by atoms with E-state index in [4.69, 9.17) is 4.74 Å². The monoisotopic (exact) mass is 413 g/mol. The molecule has 3 aromatic rings. The number of hydrogen-bond donors (Lipinski definition) is 1. The van der Waals surface area contributed by atoms with Gasteiger partial charge in [-0.05, 0) is 71.6 Å². The van der Waals surface area contributed by atoms with E-state index in [0.29, 0.717) is 22.7 Å². The summed E-state index contributed by atoms with van der Waals surface area (Å²) in [6.07, 6.45) is -4.38. The smallest absolute Gasteiger partial charge is 0.416 e. The topological polar surface area (TPSA) is 38.3 Å². The van der Waals surface area contributed by atoms with Crippen LogP contribution < -0.4 is 10.1 Å². The molecule has 0 unspecified atom stereocenters. The fourth-order valence-corrected chi connectivity index (χ4v) is 2.78. The van der Waals surface area contributed by atoms with E-state index in [1.54, 1.807) is 36.4 Å². The second-order valence-electron chi connectivity index (χ2n) is 7.93. The number of rotatable bonds is 4.